The van der Waals surface area contributed by atoms with Crippen LogP contribution in [0, 0.1) is 0 Å². The van der Waals surface area contributed by atoms with Crippen molar-refractivity contribution in [2.24, 2.45) is 0 Å². The Hall–Kier alpha value is -2.39. The Bertz CT molecular complexity index is 920. The number of fused-ring (bicyclic) bond motifs is 2. The number of halogens is 1. The van der Waals surface area contributed by atoms with Gasteiger partial charge in [0.2, 0.25) is 5.88 Å². The Morgan fingerprint density at radius 3 is 3.17 bits per heavy atom. The van der Waals surface area contributed by atoms with Crippen LogP contribution in [-0.4, -0.2) is 34.4 Å². The van der Waals surface area contributed by atoms with E-state index in [1.807, 2.05) is 6.07 Å². The topological polar surface area (TPSA) is 96.1 Å². The third kappa shape index (κ3) is 2.76. The molecule has 122 valence electrons. The van der Waals surface area contributed by atoms with Gasteiger partial charge in [-0.05, 0) is 40.2 Å². The van der Waals surface area contributed by atoms with Crippen LogP contribution in [-0.2, 0) is 4.79 Å². The van der Waals surface area contributed by atoms with Crippen LogP contribution in [0.3, 0.4) is 0 Å². The molecule has 7 nitrogen and oxygen atoms in total. The van der Waals surface area contributed by atoms with Crippen LogP contribution in [0.2, 0.25) is 0 Å². The van der Waals surface area contributed by atoms with Gasteiger partial charge in [-0.1, -0.05) is 0 Å². The van der Waals surface area contributed by atoms with Crippen molar-refractivity contribution in [3.05, 3.63) is 39.9 Å². The smallest absolute Gasteiger partial charge is 0.268 e. The number of amides is 2. The lowest BCUT2D eigenvalue weighted by atomic mass is 10.2. The number of H-pyrrole nitrogens is 1. The molecule has 1 aliphatic heterocycles. The van der Waals surface area contributed by atoms with Gasteiger partial charge in [-0.3, -0.25) is 9.59 Å². The number of carbonyl (C=O) groups excluding carboxylic acids is 2. The van der Waals surface area contributed by atoms with Gasteiger partial charge in [0, 0.05) is 6.20 Å². The van der Waals surface area contributed by atoms with E-state index in [9.17, 15) is 9.59 Å². The lowest BCUT2D eigenvalue weighted by molar-refractivity contribution is -0.118. The molecule has 9 heteroatoms. The van der Waals surface area contributed by atoms with Gasteiger partial charge in [0.1, 0.15) is 24.0 Å². The van der Waals surface area contributed by atoms with Crippen molar-refractivity contribution in [3.8, 4) is 5.88 Å². The molecule has 0 spiro atoms. The number of hydrogen-bond acceptors (Lipinski definition) is 5. The summed E-state index contributed by atoms with van der Waals surface area (Å²) in [4.78, 5) is 31.8. The highest BCUT2D eigenvalue weighted by molar-refractivity contribution is 9.11. The number of aromatic nitrogens is 2. The van der Waals surface area contributed by atoms with Crippen molar-refractivity contribution in [1.82, 2.24) is 15.3 Å². The second kappa shape index (κ2) is 5.91. The van der Waals surface area contributed by atoms with Crippen molar-refractivity contribution in [3.63, 3.8) is 0 Å². The maximum Gasteiger partial charge on any atom is 0.268 e. The molecule has 0 saturated carbocycles. The monoisotopic (exact) mass is 406 g/mol. The second-order valence-electron chi connectivity index (χ2n) is 5.19. The SMILES string of the molecule is O=C(N[C@H]1COc2ncccc2NC1=O)c1cc2sc(Br)cc2[nH]1. The van der Waals surface area contributed by atoms with Gasteiger partial charge in [0.25, 0.3) is 11.8 Å². The van der Waals surface area contributed by atoms with Gasteiger partial charge in [0.15, 0.2) is 0 Å². The van der Waals surface area contributed by atoms with Gasteiger partial charge >= 0.3 is 0 Å². The second-order valence-corrected chi connectivity index (χ2v) is 7.66. The molecule has 4 heterocycles. The van der Waals surface area contributed by atoms with E-state index in [1.165, 1.54) is 11.3 Å². The summed E-state index contributed by atoms with van der Waals surface area (Å²) in [5.41, 5.74) is 1.76. The summed E-state index contributed by atoms with van der Waals surface area (Å²) in [5.74, 6) is -0.365. The molecule has 4 rings (SSSR count). The zero-order chi connectivity index (χ0) is 16.7. The molecule has 0 bridgehead atoms. The molecule has 1 aliphatic rings. The standard InChI is InChI=1S/C15H11BrN4O3S/c16-12-5-8-11(24-12)4-9(18-8)13(21)20-10-6-23-15-7(19-14(10)22)2-1-3-17-15/h1-5,10,18H,6H2,(H,19,22)(H,20,21)/t10-/m0/s1. The molecule has 3 aromatic rings. The fourth-order valence-electron chi connectivity index (χ4n) is 2.42. The van der Waals surface area contributed by atoms with Crippen LogP contribution in [0.1, 0.15) is 10.5 Å². The van der Waals surface area contributed by atoms with Gasteiger partial charge in [0.05, 0.1) is 14.0 Å². The fraction of sp³-hybridized carbons (Fsp3) is 0.133. The van der Waals surface area contributed by atoms with Crippen molar-refractivity contribution in [2.75, 3.05) is 11.9 Å². The van der Waals surface area contributed by atoms with Crippen LogP contribution in [0.15, 0.2) is 34.2 Å². The van der Waals surface area contributed by atoms with E-state index in [4.69, 9.17) is 4.74 Å². The highest BCUT2D eigenvalue weighted by Crippen LogP contribution is 2.30. The number of nitrogens with zero attached hydrogens (tertiary/aromatic N) is 1. The number of anilines is 1. The minimum atomic E-state index is -0.806. The van der Waals surface area contributed by atoms with Crippen LogP contribution < -0.4 is 15.4 Å². The van der Waals surface area contributed by atoms with Crippen LogP contribution in [0.5, 0.6) is 5.88 Å². The lowest BCUT2D eigenvalue weighted by Gasteiger charge is -2.13. The van der Waals surface area contributed by atoms with E-state index >= 15 is 0 Å². The molecule has 0 fully saturated rings. The molecule has 0 aromatic carbocycles. The van der Waals surface area contributed by atoms with Gasteiger partial charge in [-0.25, -0.2) is 4.98 Å². The van der Waals surface area contributed by atoms with E-state index in [-0.39, 0.29) is 18.4 Å². The van der Waals surface area contributed by atoms with Crippen molar-refractivity contribution >= 4 is 55.0 Å². The highest BCUT2D eigenvalue weighted by atomic mass is 79.9. The lowest BCUT2D eigenvalue weighted by Crippen LogP contribution is -2.46. The number of carbonyl (C=O) groups is 2. The number of ether oxygens (including phenoxy) is 1. The van der Waals surface area contributed by atoms with Crippen molar-refractivity contribution in [2.45, 2.75) is 6.04 Å². The molecular formula is C15H11BrN4O3S. The fourth-order valence-corrected chi connectivity index (χ4v) is 3.95. The summed E-state index contributed by atoms with van der Waals surface area (Å²) in [6.45, 7) is 0.0161. The third-order valence-electron chi connectivity index (χ3n) is 3.56. The van der Waals surface area contributed by atoms with Gasteiger partial charge in [-0.2, -0.15) is 0 Å². The quantitative estimate of drug-likeness (QED) is 0.608. The summed E-state index contributed by atoms with van der Waals surface area (Å²) < 4.78 is 7.45. The van der Waals surface area contributed by atoms with Crippen LogP contribution in [0.4, 0.5) is 5.69 Å². The first-order valence-electron chi connectivity index (χ1n) is 7.08. The normalized spacial score (nSPS) is 16.9. The summed E-state index contributed by atoms with van der Waals surface area (Å²) in [5, 5.41) is 5.39. The largest absolute Gasteiger partial charge is 0.473 e. The molecule has 0 saturated heterocycles. The summed E-state index contributed by atoms with van der Waals surface area (Å²) in [6.07, 6.45) is 1.58. The average Bonchev–Trinajstić information content (AvgIpc) is 3.04. The number of rotatable bonds is 2. The Kier molecular flexibility index (Phi) is 3.73. The van der Waals surface area contributed by atoms with E-state index in [0.29, 0.717) is 17.3 Å². The molecule has 2 amide bonds. The number of nitrogens with one attached hydrogen (secondary N) is 3. The predicted octanol–water partition coefficient (Wildman–Crippen LogP) is 2.52. The molecule has 0 radical (unpaired) electrons. The molecular weight excluding hydrogens is 396 g/mol. The number of hydrogen-bond donors (Lipinski definition) is 3. The minimum Gasteiger partial charge on any atom is -0.473 e. The van der Waals surface area contributed by atoms with E-state index in [0.717, 1.165) is 14.0 Å². The Labute approximate surface area is 148 Å². The third-order valence-corrected chi connectivity index (χ3v) is 5.14. The predicted molar refractivity (Wildman–Crippen MR) is 93.5 cm³/mol. The van der Waals surface area contributed by atoms with E-state index in [1.54, 1.807) is 24.4 Å². The summed E-state index contributed by atoms with van der Waals surface area (Å²) in [6, 6.07) is 6.25. The molecule has 0 aliphatic carbocycles. The zero-order valence-corrected chi connectivity index (χ0v) is 14.5. The Balaban J connectivity index is 1.51. The maximum atomic E-state index is 12.4. The maximum absolute atomic E-state index is 12.4. The highest BCUT2D eigenvalue weighted by Gasteiger charge is 2.27. The van der Waals surface area contributed by atoms with Crippen LogP contribution in [0.25, 0.3) is 10.2 Å². The molecule has 3 N–H and O–H groups in total. The van der Waals surface area contributed by atoms with E-state index < -0.39 is 6.04 Å². The van der Waals surface area contributed by atoms with Crippen LogP contribution >= 0.6 is 27.3 Å². The van der Waals surface area contributed by atoms with E-state index in [2.05, 4.69) is 36.5 Å². The first kappa shape index (κ1) is 15.2. The Morgan fingerprint density at radius 2 is 2.33 bits per heavy atom. The Morgan fingerprint density at radius 1 is 1.46 bits per heavy atom. The van der Waals surface area contributed by atoms with Crippen molar-refractivity contribution < 1.29 is 14.3 Å². The number of aromatic amines is 1. The number of pyridine rings is 1. The average molecular weight is 407 g/mol. The first-order chi connectivity index (χ1) is 11.6. The molecule has 0 unspecified atom stereocenters. The summed E-state index contributed by atoms with van der Waals surface area (Å²) in [7, 11) is 0. The van der Waals surface area contributed by atoms with Gasteiger partial charge < -0.3 is 20.4 Å². The molecule has 24 heavy (non-hydrogen) atoms. The number of thiophene rings is 1. The summed E-state index contributed by atoms with van der Waals surface area (Å²) >= 11 is 4.92. The molecule has 3 aromatic heterocycles. The zero-order valence-electron chi connectivity index (χ0n) is 12.1. The molecule has 1 atom stereocenters. The van der Waals surface area contributed by atoms with Crippen molar-refractivity contribution in [1.29, 1.82) is 0 Å². The van der Waals surface area contributed by atoms with Gasteiger partial charge in [-0.15, -0.1) is 11.3 Å². The first-order valence-corrected chi connectivity index (χ1v) is 8.69. The minimum absolute atomic E-state index is 0.0161.